The number of methoxy groups -OCH3 is 1. The first-order valence-corrected chi connectivity index (χ1v) is 10.6. The van der Waals surface area contributed by atoms with E-state index in [0.29, 0.717) is 5.75 Å². The minimum absolute atomic E-state index is 0.136. The Morgan fingerprint density at radius 2 is 1.68 bits per heavy atom. The lowest BCUT2D eigenvalue weighted by Gasteiger charge is -2.15. The Labute approximate surface area is 166 Å². The Balaban J connectivity index is 1.72. The van der Waals surface area contributed by atoms with Crippen molar-refractivity contribution in [1.29, 1.82) is 0 Å². The van der Waals surface area contributed by atoms with E-state index in [0.717, 1.165) is 27.5 Å². The molecular weight excluding hydrogens is 374 g/mol. The zero-order valence-electron chi connectivity index (χ0n) is 16.3. The zero-order chi connectivity index (χ0) is 20.3. The second-order valence-electron chi connectivity index (χ2n) is 6.86. The fraction of sp³-hybridized carbons (Fsp3) is 0.273. The molecule has 1 atom stereocenters. The molecule has 0 amide bonds. The Morgan fingerprint density at radius 1 is 1.04 bits per heavy atom. The van der Waals surface area contributed by atoms with Crippen molar-refractivity contribution in [3.05, 3.63) is 71.3 Å². The highest BCUT2D eigenvalue weighted by Gasteiger charge is 2.18. The highest BCUT2D eigenvalue weighted by molar-refractivity contribution is 7.89. The van der Waals surface area contributed by atoms with Crippen molar-refractivity contribution in [2.45, 2.75) is 31.3 Å². The van der Waals surface area contributed by atoms with Crippen LogP contribution in [0.5, 0.6) is 5.75 Å². The predicted molar refractivity (Wildman–Crippen MR) is 111 cm³/mol. The maximum atomic E-state index is 12.6. The largest absolute Gasteiger partial charge is 0.496 e. The van der Waals surface area contributed by atoms with Crippen LogP contribution in [0.4, 0.5) is 0 Å². The lowest BCUT2D eigenvalue weighted by molar-refractivity contribution is 0.170. The molecule has 0 bridgehead atoms. The number of aliphatic hydroxyl groups excluding tert-OH is 1. The molecular formula is C22H25NO4S. The molecule has 0 aliphatic rings. The second-order valence-corrected chi connectivity index (χ2v) is 8.63. The predicted octanol–water partition coefficient (Wildman–Crippen LogP) is 3.87. The number of hydrogen-bond donors (Lipinski definition) is 2. The summed E-state index contributed by atoms with van der Waals surface area (Å²) in [6.45, 7) is 3.76. The summed E-state index contributed by atoms with van der Waals surface area (Å²) in [7, 11) is -2.10. The molecule has 0 radical (unpaired) electrons. The van der Waals surface area contributed by atoms with E-state index in [1.807, 2.05) is 56.3 Å². The van der Waals surface area contributed by atoms with E-state index in [-0.39, 0.29) is 17.9 Å². The van der Waals surface area contributed by atoms with Gasteiger partial charge < -0.3 is 9.84 Å². The first kappa shape index (κ1) is 20.3. The van der Waals surface area contributed by atoms with Crippen LogP contribution in [-0.4, -0.2) is 27.2 Å². The Bertz CT molecular complexity index is 1060. The minimum atomic E-state index is -3.67. The van der Waals surface area contributed by atoms with Gasteiger partial charge in [0.2, 0.25) is 10.0 Å². The molecule has 0 aliphatic carbocycles. The molecule has 0 spiro atoms. The molecule has 2 N–H and O–H groups in total. The molecule has 5 nitrogen and oxygen atoms in total. The topological polar surface area (TPSA) is 75.6 Å². The number of aryl methyl sites for hydroxylation is 2. The van der Waals surface area contributed by atoms with Gasteiger partial charge in [0.1, 0.15) is 5.75 Å². The van der Waals surface area contributed by atoms with E-state index >= 15 is 0 Å². The fourth-order valence-corrected chi connectivity index (χ4v) is 4.71. The summed E-state index contributed by atoms with van der Waals surface area (Å²) in [5.74, 6) is 0.685. The number of sulfonamides is 1. The third-order valence-corrected chi connectivity index (χ3v) is 6.28. The highest BCUT2D eigenvalue weighted by Crippen LogP contribution is 2.28. The quantitative estimate of drug-likeness (QED) is 0.632. The van der Waals surface area contributed by atoms with Gasteiger partial charge in [0.15, 0.2) is 0 Å². The van der Waals surface area contributed by atoms with Gasteiger partial charge in [-0.2, -0.15) is 0 Å². The molecule has 0 heterocycles. The highest BCUT2D eigenvalue weighted by atomic mass is 32.2. The molecule has 148 valence electrons. The van der Waals surface area contributed by atoms with Crippen molar-refractivity contribution < 1.29 is 18.3 Å². The van der Waals surface area contributed by atoms with E-state index in [9.17, 15) is 13.5 Å². The Hall–Kier alpha value is -2.41. The van der Waals surface area contributed by atoms with Crippen LogP contribution in [0.1, 0.15) is 29.2 Å². The van der Waals surface area contributed by atoms with E-state index < -0.39 is 16.1 Å². The number of benzene rings is 3. The van der Waals surface area contributed by atoms with Crippen molar-refractivity contribution in [2.24, 2.45) is 0 Å². The van der Waals surface area contributed by atoms with Crippen LogP contribution in [0.2, 0.25) is 0 Å². The first-order valence-electron chi connectivity index (χ1n) is 9.14. The van der Waals surface area contributed by atoms with E-state index in [1.165, 1.54) is 0 Å². The summed E-state index contributed by atoms with van der Waals surface area (Å²) in [6, 6.07) is 16.8. The Kier molecular flexibility index (Phi) is 6.03. The van der Waals surface area contributed by atoms with Gasteiger partial charge >= 0.3 is 0 Å². The van der Waals surface area contributed by atoms with Gasteiger partial charge in [0.05, 0.1) is 18.1 Å². The Morgan fingerprint density at radius 3 is 2.36 bits per heavy atom. The normalized spacial score (nSPS) is 12.9. The standard InChI is InChI=1S/C22H25NO4S/c1-15-13-18(14-16(2)22(15)27-3)28(25,26)23-12-11-21(24)20-10-6-8-17-7-4-5-9-19(17)20/h4-10,13-14,21,23-24H,11-12H2,1-3H3. The summed E-state index contributed by atoms with van der Waals surface area (Å²) < 4.78 is 33.1. The molecule has 1 unspecified atom stereocenters. The third-order valence-electron chi connectivity index (χ3n) is 4.84. The van der Waals surface area contributed by atoms with Crippen molar-refractivity contribution in [3.8, 4) is 5.75 Å². The van der Waals surface area contributed by atoms with Crippen LogP contribution in [0, 0.1) is 13.8 Å². The van der Waals surface area contributed by atoms with E-state index in [1.54, 1.807) is 19.2 Å². The first-order chi connectivity index (χ1) is 13.3. The molecule has 3 rings (SSSR count). The third kappa shape index (κ3) is 4.19. The van der Waals surface area contributed by atoms with Gasteiger partial charge in [-0.25, -0.2) is 13.1 Å². The van der Waals surface area contributed by atoms with Crippen LogP contribution < -0.4 is 9.46 Å². The summed E-state index contributed by atoms with van der Waals surface area (Å²) >= 11 is 0. The van der Waals surface area contributed by atoms with Gasteiger partial charge in [0.25, 0.3) is 0 Å². The number of aliphatic hydroxyl groups is 1. The molecule has 3 aromatic rings. The summed E-state index contributed by atoms with van der Waals surface area (Å²) in [5, 5.41) is 12.6. The average molecular weight is 400 g/mol. The number of ether oxygens (including phenoxy) is 1. The van der Waals surface area contributed by atoms with Crippen molar-refractivity contribution >= 4 is 20.8 Å². The monoisotopic (exact) mass is 399 g/mol. The SMILES string of the molecule is COc1c(C)cc(S(=O)(=O)NCCC(O)c2cccc3ccccc23)cc1C. The van der Waals surface area contributed by atoms with Crippen molar-refractivity contribution in [1.82, 2.24) is 4.72 Å². The zero-order valence-corrected chi connectivity index (χ0v) is 17.1. The summed E-state index contributed by atoms with van der Waals surface area (Å²) in [5.41, 5.74) is 2.32. The number of fused-ring (bicyclic) bond motifs is 1. The van der Waals surface area contributed by atoms with Crippen LogP contribution in [0.25, 0.3) is 10.8 Å². The molecule has 0 saturated carbocycles. The smallest absolute Gasteiger partial charge is 0.240 e. The van der Waals surface area contributed by atoms with E-state index in [2.05, 4.69) is 4.72 Å². The van der Waals surface area contributed by atoms with Crippen molar-refractivity contribution in [2.75, 3.05) is 13.7 Å². The van der Waals surface area contributed by atoms with Gasteiger partial charge in [-0.05, 0) is 59.9 Å². The minimum Gasteiger partial charge on any atom is -0.496 e. The maximum absolute atomic E-state index is 12.6. The van der Waals surface area contributed by atoms with Gasteiger partial charge in [0, 0.05) is 6.54 Å². The summed E-state index contributed by atoms with van der Waals surface area (Å²) in [4.78, 5) is 0.197. The van der Waals surface area contributed by atoms with E-state index in [4.69, 9.17) is 4.74 Å². The second kappa shape index (κ2) is 8.31. The van der Waals surface area contributed by atoms with Gasteiger partial charge in [-0.1, -0.05) is 42.5 Å². The number of nitrogens with one attached hydrogen (secondary N) is 1. The maximum Gasteiger partial charge on any atom is 0.240 e. The van der Waals surface area contributed by atoms with Gasteiger partial charge in [-0.15, -0.1) is 0 Å². The molecule has 28 heavy (non-hydrogen) atoms. The fourth-order valence-electron chi connectivity index (χ4n) is 3.50. The molecule has 0 aromatic heterocycles. The molecule has 6 heteroatoms. The lowest BCUT2D eigenvalue weighted by atomic mass is 9.99. The van der Waals surface area contributed by atoms with Crippen LogP contribution >= 0.6 is 0 Å². The molecule has 0 aliphatic heterocycles. The number of rotatable bonds is 7. The van der Waals surface area contributed by atoms with Crippen LogP contribution in [-0.2, 0) is 10.0 Å². The van der Waals surface area contributed by atoms with Crippen LogP contribution in [0.3, 0.4) is 0 Å². The van der Waals surface area contributed by atoms with Crippen molar-refractivity contribution in [3.63, 3.8) is 0 Å². The van der Waals surface area contributed by atoms with Gasteiger partial charge in [-0.3, -0.25) is 0 Å². The number of hydrogen-bond acceptors (Lipinski definition) is 4. The lowest BCUT2D eigenvalue weighted by Crippen LogP contribution is -2.26. The van der Waals surface area contributed by atoms with Crippen LogP contribution in [0.15, 0.2) is 59.5 Å². The summed E-state index contributed by atoms with van der Waals surface area (Å²) in [6.07, 6.45) is -0.477. The molecule has 0 fully saturated rings. The molecule has 3 aromatic carbocycles. The molecule has 0 saturated heterocycles. The average Bonchev–Trinajstić information content (AvgIpc) is 2.67.